The topological polar surface area (TPSA) is 143 Å². The van der Waals surface area contributed by atoms with Crippen molar-refractivity contribution in [2.24, 2.45) is 0 Å². The van der Waals surface area contributed by atoms with Crippen molar-refractivity contribution in [1.82, 2.24) is 24.9 Å². The van der Waals surface area contributed by atoms with Gasteiger partial charge in [0.1, 0.15) is 4.83 Å². The number of amides is 1. The van der Waals surface area contributed by atoms with Gasteiger partial charge >= 0.3 is 0 Å². The normalized spacial score (nSPS) is 16.8. The predicted molar refractivity (Wildman–Crippen MR) is 132 cm³/mol. The van der Waals surface area contributed by atoms with Crippen molar-refractivity contribution < 1.29 is 27.1 Å². The Morgan fingerprint density at radius 3 is 2.94 bits per heavy atom. The van der Waals surface area contributed by atoms with Crippen molar-refractivity contribution in [2.75, 3.05) is 39.6 Å². The number of hydrogen-bond acceptors (Lipinski definition) is 9. The lowest BCUT2D eigenvalue weighted by atomic mass is 10.2. The molecule has 14 heteroatoms. The summed E-state index contributed by atoms with van der Waals surface area (Å²) in [5.41, 5.74) is 0.782. The minimum absolute atomic E-state index is 0.0648. The highest BCUT2D eigenvalue weighted by Crippen LogP contribution is 2.22. The van der Waals surface area contributed by atoms with Crippen molar-refractivity contribution in [3.63, 3.8) is 0 Å². The fourth-order valence-electron chi connectivity index (χ4n) is 3.82. The number of piperazine rings is 1. The van der Waals surface area contributed by atoms with Crippen LogP contribution in [0, 0.1) is 5.82 Å². The second kappa shape index (κ2) is 11.0. The number of aromatic amines is 1. The van der Waals surface area contributed by atoms with Gasteiger partial charge in [0.05, 0.1) is 32.0 Å². The van der Waals surface area contributed by atoms with Crippen LogP contribution in [-0.2, 0) is 27.9 Å². The zero-order valence-electron chi connectivity index (χ0n) is 19.7. The smallest absolute Gasteiger partial charge is 0.287 e. The molecule has 36 heavy (non-hydrogen) atoms. The van der Waals surface area contributed by atoms with E-state index in [0.29, 0.717) is 41.0 Å². The molecule has 1 aliphatic heterocycles. The molecule has 1 amide bonds. The molecule has 1 fully saturated rings. The van der Waals surface area contributed by atoms with Gasteiger partial charge in [0.15, 0.2) is 11.6 Å². The molecule has 1 saturated heterocycles. The summed E-state index contributed by atoms with van der Waals surface area (Å²) in [4.78, 5) is 32.5. The summed E-state index contributed by atoms with van der Waals surface area (Å²) in [5, 5.41) is 7.96. The summed E-state index contributed by atoms with van der Waals surface area (Å²) in [6, 6.07) is 4.08. The molecule has 4 rings (SSSR count). The number of halogens is 1. The minimum atomic E-state index is -3.27. The monoisotopic (exact) mass is 539 g/mol. The molecule has 0 aliphatic carbocycles. The zero-order valence-corrected chi connectivity index (χ0v) is 21.3. The third-order valence-corrected chi connectivity index (χ3v) is 7.86. The Labute approximate surface area is 210 Å². The fourth-order valence-corrected chi connectivity index (χ4v) is 5.62. The number of fused-ring (bicyclic) bond motifs is 1. The van der Waals surface area contributed by atoms with Crippen molar-refractivity contribution in [3.8, 4) is 5.75 Å². The summed E-state index contributed by atoms with van der Waals surface area (Å²) in [6.45, 7) is 1.76. The number of H-pyrrole nitrogens is 1. The summed E-state index contributed by atoms with van der Waals surface area (Å²) in [7, 11) is -1.91. The third-order valence-electron chi connectivity index (χ3n) is 5.67. The Morgan fingerprint density at radius 1 is 1.39 bits per heavy atom. The molecule has 1 unspecified atom stereocenters. The molecular formula is C22H26FN5O6S2. The molecule has 0 spiro atoms. The van der Waals surface area contributed by atoms with E-state index in [1.807, 2.05) is 0 Å². The second-order valence-electron chi connectivity index (χ2n) is 8.29. The molecule has 3 aromatic rings. The summed E-state index contributed by atoms with van der Waals surface area (Å²) >= 11 is 1.22. The van der Waals surface area contributed by atoms with Crippen LogP contribution in [0.15, 0.2) is 28.4 Å². The first-order chi connectivity index (χ1) is 17.2. The first-order valence-corrected chi connectivity index (χ1v) is 13.8. The largest absolute Gasteiger partial charge is 0.494 e. The van der Waals surface area contributed by atoms with E-state index in [1.54, 1.807) is 5.38 Å². The second-order valence-corrected chi connectivity index (χ2v) is 11.1. The van der Waals surface area contributed by atoms with Gasteiger partial charge in [-0.1, -0.05) is 6.07 Å². The Bertz CT molecular complexity index is 1420. The maximum atomic E-state index is 13.6. The van der Waals surface area contributed by atoms with Gasteiger partial charge in [-0.05, 0) is 23.1 Å². The number of aromatic nitrogens is 2. The number of carbonyl (C=O) groups excluding carboxylic acids is 1. The van der Waals surface area contributed by atoms with Crippen LogP contribution in [0.1, 0.15) is 21.7 Å². The van der Waals surface area contributed by atoms with E-state index in [9.17, 15) is 22.4 Å². The molecule has 1 atom stereocenters. The molecule has 0 bridgehead atoms. The number of nitrogens with one attached hydrogen (secondary N) is 3. The molecule has 3 N–H and O–H groups in total. The van der Waals surface area contributed by atoms with Gasteiger partial charge in [-0.15, -0.1) is 11.3 Å². The Kier molecular flexibility index (Phi) is 8.00. The number of rotatable bonds is 9. The van der Waals surface area contributed by atoms with Crippen LogP contribution in [0.5, 0.6) is 5.75 Å². The lowest BCUT2D eigenvalue weighted by Gasteiger charge is -2.31. The van der Waals surface area contributed by atoms with Gasteiger partial charge in [0, 0.05) is 37.8 Å². The number of ether oxygens (including phenoxy) is 2. The number of carbonyl (C=O) groups is 1. The van der Waals surface area contributed by atoms with Crippen LogP contribution in [0.3, 0.4) is 0 Å². The fraction of sp³-hybridized carbons (Fsp3) is 0.409. The van der Waals surface area contributed by atoms with Crippen molar-refractivity contribution in [2.45, 2.75) is 19.2 Å². The van der Waals surface area contributed by atoms with Crippen molar-refractivity contribution in [1.29, 1.82) is 0 Å². The maximum Gasteiger partial charge on any atom is 0.287 e. The predicted octanol–water partition coefficient (Wildman–Crippen LogP) is 0.812. The average molecular weight is 540 g/mol. The molecule has 194 valence electrons. The average Bonchev–Trinajstić information content (AvgIpc) is 3.26. The molecular weight excluding hydrogens is 513 g/mol. The number of thiophene rings is 1. The zero-order chi connectivity index (χ0) is 25.9. The standard InChI is InChI=1S/C22H26FN5O6S2/c1-33-17-7-13(3-4-16(17)23)8-25-21(30)19-26-20(29)18-14(12-35-22(18)27-19)10-34-11-15-9-28(6-5-24-15)36(2,31)32/h3-4,7,12,15,24H,5-6,8-11H2,1-2H3,(H,25,30)(H,26,27,29). The van der Waals surface area contributed by atoms with E-state index in [1.165, 1.54) is 47.2 Å². The molecule has 11 nitrogen and oxygen atoms in total. The number of benzene rings is 1. The molecule has 3 heterocycles. The highest BCUT2D eigenvalue weighted by atomic mass is 32.2. The molecule has 1 aliphatic rings. The van der Waals surface area contributed by atoms with Crippen LogP contribution in [0.4, 0.5) is 4.39 Å². The van der Waals surface area contributed by atoms with Gasteiger partial charge in [0.2, 0.25) is 15.8 Å². The summed E-state index contributed by atoms with van der Waals surface area (Å²) in [6.07, 6.45) is 1.18. The molecule has 2 aromatic heterocycles. The summed E-state index contributed by atoms with van der Waals surface area (Å²) < 4.78 is 49.2. The van der Waals surface area contributed by atoms with E-state index in [-0.39, 0.29) is 37.4 Å². The van der Waals surface area contributed by atoms with Gasteiger partial charge in [-0.25, -0.2) is 17.8 Å². The Morgan fingerprint density at radius 2 is 2.19 bits per heavy atom. The maximum absolute atomic E-state index is 13.6. The van der Waals surface area contributed by atoms with Crippen LogP contribution >= 0.6 is 11.3 Å². The van der Waals surface area contributed by atoms with Gasteiger partial charge in [0.25, 0.3) is 11.5 Å². The number of hydrogen-bond donors (Lipinski definition) is 3. The minimum Gasteiger partial charge on any atom is -0.494 e. The first-order valence-electron chi connectivity index (χ1n) is 11.0. The van der Waals surface area contributed by atoms with Gasteiger partial charge in [-0.2, -0.15) is 4.31 Å². The highest BCUT2D eigenvalue weighted by Gasteiger charge is 2.25. The van der Waals surface area contributed by atoms with Gasteiger partial charge in [-0.3, -0.25) is 9.59 Å². The highest BCUT2D eigenvalue weighted by molar-refractivity contribution is 7.88. The number of sulfonamides is 1. The first kappa shape index (κ1) is 26.2. The van der Waals surface area contributed by atoms with Crippen molar-refractivity contribution in [3.05, 3.63) is 56.7 Å². The van der Waals surface area contributed by atoms with Crippen molar-refractivity contribution >= 4 is 37.5 Å². The quantitative estimate of drug-likeness (QED) is 0.363. The van der Waals surface area contributed by atoms with E-state index >= 15 is 0 Å². The summed E-state index contributed by atoms with van der Waals surface area (Å²) in [5.74, 6) is -1.16. The number of methoxy groups -OCH3 is 1. The SMILES string of the molecule is COc1cc(CNC(=O)c2nc3scc(COCC4CN(S(C)(=O)=O)CCN4)c3c(=O)[nH]2)ccc1F. The van der Waals surface area contributed by atoms with Crippen LogP contribution < -0.4 is 20.9 Å². The molecule has 0 saturated carbocycles. The van der Waals surface area contributed by atoms with Crippen LogP contribution in [-0.4, -0.2) is 74.2 Å². The lowest BCUT2D eigenvalue weighted by molar-refractivity contribution is 0.0863. The van der Waals surface area contributed by atoms with Crippen LogP contribution in [0.25, 0.3) is 10.2 Å². The van der Waals surface area contributed by atoms with E-state index < -0.39 is 27.3 Å². The lowest BCUT2D eigenvalue weighted by Crippen LogP contribution is -2.53. The van der Waals surface area contributed by atoms with E-state index in [2.05, 4.69) is 20.6 Å². The molecule has 0 radical (unpaired) electrons. The number of nitrogens with zero attached hydrogens (tertiary/aromatic N) is 2. The Hall–Kier alpha value is -2.91. The van der Waals surface area contributed by atoms with Crippen LogP contribution in [0.2, 0.25) is 0 Å². The molecule has 1 aromatic carbocycles. The van der Waals surface area contributed by atoms with E-state index in [4.69, 9.17) is 9.47 Å². The van der Waals surface area contributed by atoms with Gasteiger partial charge < -0.3 is 25.1 Å². The van der Waals surface area contributed by atoms with E-state index in [0.717, 1.165) is 0 Å². The third kappa shape index (κ3) is 6.07. The Balaban J connectivity index is 1.38.